The largest absolute Gasteiger partial charge is 0.369 e. The van der Waals surface area contributed by atoms with E-state index in [0.29, 0.717) is 5.82 Å². The zero-order chi connectivity index (χ0) is 14.3. The highest BCUT2D eigenvalue weighted by atomic mass is 32.2. The van der Waals surface area contributed by atoms with Gasteiger partial charge in [0.15, 0.2) is 5.82 Å². The summed E-state index contributed by atoms with van der Waals surface area (Å²) in [6.07, 6.45) is 0.999. The lowest BCUT2D eigenvalue weighted by atomic mass is 10.4. The Morgan fingerprint density at radius 2 is 1.84 bits per heavy atom. The molecular formula is C11H21N5O2S. The number of aromatic nitrogens is 2. The molecule has 0 radical (unpaired) electrons. The molecule has 1 aromatic rings. The molecule has 0 unspecified atom stereocenters. The molecule has 0 aromatic carbocycles. The van der Waals surface area contributed by atoms with Crippen LogP contribution in [0.5, 0.6) is 0 Å². The van der Waals surface area contributed by atoms with Crippen molar-refractivity contribution in [3.05, 3.63) is 12.1 Å². The Kier molecular flexibility index (Phi) is 5.97. The minimum atomic E-state index is -3.29. The fourth-order valence-corrected chi connectivity index (χ4v) is 1.90. The van der Waals surface area contributed by atoms with Crippen molar-refractivity contribution in [2.45, 2.75) is 13.3 Å². The summed E-state index contributed by atoms with van der Waals surface area (Å²) in [4.78, 5) is 2.11. The first kappa shape index (κ1) is 15.6. The van der Waals surface area contributed by atoms with Crippen molar-refractivity contribution >= 4 is 21.7 Å². The molecule has 0 bridgehead atoms. The summed E-state index contributed by atoms with van der Waals surface area (Å²) in [5, 5.41) is 10.9. The zero-order valence-electron chi connectivity index (χ0n) is 11.5. The van der Waals surface area contributed by atoms with Crippen LogP contribution >= 0.6 is 0 Å². The molecule has 0 aliphatic rings. The molecule has 0 aliphatic carbocycles. The Hall–Kier alpha value is -1.41. The van der Waals surface area contributed by atoms with Crippen molar-refractivity contribution in [1.82, 2.24) is 15.1 Å². The molecule has 0 saturated carbocycles. The highest BCUT2D eigenvalue weighted by Crippen LogP contribution is 2.07. The van der Waals surface area contributed by atoms with Crippen LogP contribution in [0.15, 0.2) is 12.1 Å². The van der Waals surface area contributed by atoms with Gasteiger partial charge in [-0.2, -0.15) is 0 Å². The van der Waals surface area contributed by atoms with Crippen molar-refractivity contribution in [1.29, 1.82) is 0 Å². The first-order valence-electron chi connectivity index (χ1n) is 6.16. The minimum absolute atomic E-state index is 0.0131. The van der Waals surface area contributed by atoms with Crippen LogP contribution in [-0.2, 0) is 10.0 Å². The van der Waals surface area contributed by atoms with Gasteiger partial charge < -0.3 is 10.2 Å². The Morgan fingerprint density at radius 1 is 1.21 bits per heavy atom. The normalized spacial score (nSPS) is 11.6. The molecule has 0 spiro atoms. The van der Waals surface area contributed by atoms with Gasteiger partial charge in [-0.15, -0.1) is 10.2 Å². The third kappa shape index (κ3) is 6.35. The second kappa shape index (κ2) is 7.25. The van der Waals surface area contributed by atoms with E-state index in [-0.39, 0.29) is 11.6 Å². The monoisotopic (exact) mass is 287 g/mol. The van der Waals surface area contributed by atoms with E-state index < -0.39 is 10.0 Å². The average molecular weight is 287 g/mol. The van der Waals surface area contributed by atoms with Gasteiger partial charge in [0.1, 0.15) is 5.82 Å². The molecule has 0 fully saturated rings. The summed E-state index contributed by atoms with van der Waals surface area (Å²) in [5.41, 5.74) is 0. The molecular weight excluding hydrogens is 266 g/mol. The average Bonchev–Trinajstić information content (AvgIpc) is 2.36. The lowest BCUT2D eigenvalue weighted by Gasteiger charge is -2.10. The van der Waals surface area contributed by atoms with Gasteiger partial charge in [-0.05, 0) is 46.1 Å². The second-order valence-corrected chi connectivity index (χ2v) is 6.40. The number of nitrogens with one attached hydrogen (secondary N) is 2. The van der Waals surface area contributed by atoms with Crippen molar-refractivity contribution in [2.75, 3.05) is 43.0 Å². The van der Waals surface area contributed by atoms with Gasteiger partial charge in [0.05, 0.1) is 5.75 Å². The van der Waals surface area contributed by atoms with E-state index in [1.165, 1.54) is 0 Å². The van der Waals surface area contributed by atoms with E-state index in [1.54, 1.807) is 19.1 Å². The van der Waals surface area contributed by atoms with Gasteiger partial charge in [-0.1, -0.05) is 0 Å². The molecule has 0 amide bonds. The number of anilines is 2. The maximum Gasteiger partial charge on any atom is 0.233 e. The molecule has 2 N–H and O–H groups in total. The van der Waals surface area contributed by atoms with Gasteiger partial charge in [-0.3, -0.25) is 4.72 Å². The Labute approximate surface area is 114 Å². The topological polar surface area (TPSA) is 87.2 Å². The molecule has 1 rings (SSSR count). The van der Waals surface area contributed by atoms with E-state index in [9.17, 15) is 8.42 Å². The van der Waals surface area contributed by atoms with Gasteiger partial charge >= 0.3 is 0 Å². The van der Waals surface area contributed by atoms with Crippen molar-refractivity contribution in [2.24, 2.45) is 0 Å². The summed E-state index contributed by atoms with van der Waals surface area (Å²) in [5.74, 6) is 0.887. The quantitative estimate of drug-likeness (QED) is 0.681. The van der Waals surface area contributed by atoms with Crippen molar-refractivity contribution < 1.29 is 8.42 Å². The summed E-state index contributed by atoms with van der Waals surface area (Å²) < 4.78 is 25.0. The molecule has 0 saturated heterocycles. The number of hydrogen-bond donors (Lipinski definition) is 2. The predicted molar refractivity (Wildman–Crippen MR) is 76.8 cm³/mol. The van der Waals surface area contributed by atoms with Crippen LogP contribution in [0.3, 0.4) is 0 Å². The van der Waals surface area contributed by atoms with E-state index in [2.05, 4.69) is 25.1 Å². The summed E-state index contributed by atoms with van der Waals surface area (Å²) in [6, 6.07) is 3.30. The molecule has 1 heterocycles. The first-order chi connectivity index (χ1) is 8.93. The van der Waals surface area contributed by atoms with Crippen molar-refractivity contribution in [3.8, 4) is 0 Å². The van der Waals surface area contributed by atoms with Crippen LogP contribution in [0.1, 0.15) is 13.3 Å². The van der Waals surface area contributed by atoms with Gasteiger partial charge in [0.2, 0.25) is 10.0 Å². The van der Waals surface area contributed by atoms with Crippen LogP contribution in [0.25, 0.3) is 0 Å². The summed E-state index contributed by atoms with van der Waals surface area (Å²) in [7, 11) is 0.750. The predicted octanol–water partition coefficient (Wildman–Crippen LogP) is 0.602. The van der Waals surface area contributed by atoms with Crippen molar-refractivity contribution in [3.63, 3.8) is 0 Å². The fraction of sp³-hybridized carbons (Fsp3) is 0.636. The molecule has 19 heavy (non-hydrogen) atoms. The highest BCUT2D eigenvalue weighted by Gasteiger charge is 2.07. The fourth-order valence-electron chi connectivity index (χ4n) is 1.32. The lowest BCUT2D eigenvalue weighted by Crippen LogP contribution is -2.17. The molecule has 0 aliphatic heterocycles. The Bertz CT molecular complexity index is 472. The molecule has 0 atom stereocenters. The number of nitrogens with zero attached hydrogens (tertiary/aromatic N) is 3. The SMILES string of the molecule is CCS(=O)(=O)Nc1ccc(NCCCN(C)C)nn1. The third-order valence-corrected chi connectivity index (χ3v) is 3.67. The Morgan fingerprint density at radius 3 is 2.37 bits per heavy atom. The Balaban J connectivity index is 2.44. The van der Waals surface area contributed by atoms with Crippen LogP contribution in [-0.4, -0.2) is 56.5 Å². The molecule has 108 valence electrons. The lowest BCUT2D eigenvalue weighted by molar-refractivity contribution is 0.405. The van der Waals surface area contributed by atoms with Crippen LogP contribution in [0.2, 0.25) is 0 Å². The van der Waals surface area contributed by atoms with Gasteiger partial charge in [-0.25, -0.2) is 8.42 Å². The maximum absolute atomic E-state index is 11.3. The van der Waals surface area contributed by atoms with Gasteiger partial charge in [0, 0.05) is 6.54 Å². The first-order valence-corrected chi connectivity index (χ1v) is 7.81. The smallest absolute Gasteiger partial charge is 0.233 e. The second-order valence-electron chi connectivity index (χ2n) is 4.39. The molecule has 7 nitrogen and oxygen atoms in total. The van der Waals surface area contributed by atoms with E-state index in [1.807, 2.05) is 14.1 Å². The highest BCUT2D eigenvalue weighted by molar-refractivity contribution is 7.92. The summed E-state index contributed by atoms with van der Waals surface area (Å²) >= 11 is 0. The minimum Gasteiger partial charge on any atom is -0.369 e. The van der Waals surface area contributed by atoms with Gasteiger partial charge in [0.25, 0.3) is 0 Å². The van der Waals surface area contributed by atoms with E-state index in [0.717, 1.165) is 19.5 Å². The maximum atomic E-state index is 11.3. The van der Waals surface area contributed by atoms with Crippen LogP contribution in [0, 0.1) is 0 Å². The third-order valence-electron chi connectivity index (χ3n) is 2.39. The zero-order valence-corrected chi connectivity index (χ0v) is 12.4. The number of sulfonamides is 1. The molecule has 8 heteroatoms. The summed E-state index contributed by atoms with van der Waals surface area (Å²) in [6.45, 7) is 3.36. The van der Waals surface area contributed by atoms with E-state index in [4.69, 9.17) is 0 Å². The van der Waals surface area contributed by atoms with Crippen LogP contribution in [0.4, 0.5) is 11.6 Å². The number of hydrogen-bond acceptors (Lipinski definition) is 6. The van der Waals surface area contributed by atoms with Crippen LogP contribution < -0.4 is 10.0 Å². The standard InChI is InChI=1S/C11H21N5O2S/c1-4-19(17,18)15-11-7-6-10(13-14-11)12-8-5-9-16(2)3/h6-7H,4-5,8-9H2,1-3H3,(H,12,13)(H,14,15). The van der Waals surface area contributed by atoms with E-state index >= 15 is 0 Å². The molecule has 1 aromatic heterocycles. The number of rotatable bonds is 8.